The Morgan fingerprint density at radius 2 is 1.82 bits per heavy atom. The highest BCUT2D eigenvalue weighted by Crippen LogP contribution is 2.32. The van der Waals surface area contributed by atoms with Gasteiger partial charge >= 0.3 is 0 Å². The SMILES string of the molecule is Cc1nn(C)c(C)c1S(=O)(=O)N1CCCN(C(=O)c2c(-c3ccccc3Cl)noc2C)CC1. The van der Waals surface area contributed by atoms with E-state index >= 15 is 0 Å². The lowest BCUT2D eigenvalue weighted by atomic mass is 10.0. The zero-order chi connectivity index (χ0) is 23.9. The average Bonchev–Trinajstić information content (AvgIpc) is 3.13. The number of aryl methyl sites for hydroxylation is 3. The van der Waals surface area contributed by atoms with E-state index in [-0.39, 0.29) is 23.9 Å². The van der Waals surface area contributed by atoms with Gasteiger partial charge in [-0.3, -0.25) is 9.48 Å². The van der Waals surface area contributed by atoms with Gasteiger partial charge in [0.05, 0.1) is 16.4 Å². The Labute approximate surface area is 198 Å². The number of hydrogen-bond acceptors (Lipinski definition) is 6. The van der Waals surface area contributed by atoms with Crippen molar-refractivity contribution in [3.05, 3.63) is 52.0 Å². The molecule has 1 amide bonds. The van der Waals surface area contributed by atoms with E-state index in [4.69, 9.17) is 16.1 Å². The standard InChI is InChI=1S/C22H26ClN5O4S/c1-14-21(15(2)26(4)24-14)33(30,31)28-11-7-10-27(12-13-28)22(29)19-16(3)32-25-20(19)17-8-5-6-9-18(17)23/h5-6,8-9H,7,10-13H2,1-4H3. The highest BCUT2D eigenvalue weighted by Gasteiger charge is 2.34. The molecule has 0 atom stereocenters. The zero-order valence-electron chi connectivity index (χ0n) is 19.0. The van der Waals surface area contributed by atoms with Crippen molar-refractivity contribution < 1.29 is 17.7 Å². The van der Waals surface area contributed by atoms with Crippen molar-refractivity contribution in [1.82, 2.24) is 24.1 Å². The summed E-state index contributed by atoms with van der Waals surface area (Å²) in [5, 5.41) is 8.79. The lowest BCUT2D eigenvalue weighted by Crippen LogP contribution is -2.37. The molecule has 3 heterocycles. The fourth-order valence-electron chi connectivity index (χ4n) is 4.21. The summed E-state index contributed by atoms with van der Waals surface area (Å²) in [6.45, 7) is 6.30. The van der Waals surface area contributed by atoms with E-state index in [1.807, 2.05) is 6.07 Å². The van der Waals surface area contributed by atoms with E-state index < -0.39 is 10.0 Å². The molecular formula is C22H26ClN5O4S. The molecule has 0 aliphatic carbocycles. The number of aromatic nitrogens is 3. The van der Waals surface area contributed by atoms with Crippen molar-refractivity contribution in [3.63, 3.8) is 0 Å². The van der Waals surface area contributed by atoms with E-state index in [1.165, 1.54) is 4.31 Å². The first-order chi connectivity index (χ1) is 15.6. The van der Waals surface area contributed by atoms with Crippen molar-refractivity contribution in [2.75, 3.05) is 26.2 Å². The summed E-state index contributed by atoms with van der Waals surface area (Å²) >= 11 is 6.32. The molecule has 9 nitrogen and oxygen atoms in total. The third-order valence-electron chi connectivity index (χ3n) is 5.99. The van der Waals surface area contributed by atoms with Crippen LogP contribution in [0.1, 0.15) is 33.9 Å². The Kier molecular flexibility index (Phi) is 6.35. The van der Waals surface area contributed by atoms with Crippen molar-refractivity contribution >= 4 is 27.5 Å². The van der Waals surface area contributed by atoms with E-state index in [9.17, 15) is 13.2 Å². The molecule has 0 unspecified atom stereocenters. The van der Waals surface area contributed by atoms with Crippen LogP contribution in [0.15, 0.2) is 33.7 Å². The third kappa shape index (κ3) is 4.18. The van der Waals surface area contributed by atoms with Gasteiger partial charge in [-0.1, -0.05) is 35.0 Å². The van der Waals surface area contributed by atoms with Crippen LogP contribution in [0.2, 0.25) is 5.02 Å². The molecule has 2 aromatic heterocycles. The zero-order valence-corrected chi connectivity index (χ0v) is 20.6. The van der Waals surface area contributed by atoms with E-state index in [0.717, 1.165) is 0 Å². The molecular weight excluding hydrogens is 466 g/mol. The lowest BCUT2D eigenvalue weighted by Gasteiger charge is -2.22. The van der Waals surface area contributed by atoms with Crippen LogP contribution in [0.5, 0.6) is 0 Å². The summed E-state index contributed by atoms with van der Waals surface area (Å²) in [5.74, 6) is 0.141. The minimum absolute atomic E-state index is 0.188. The minimum atomic E-state index is -3.73. The molecule has 11 heteroatoms. The highest BCUT2D eigenvalue weighted by atomic mass is 35.5. The molecule has 1 saturated heterocycles. The maximum absolute atomic E-state index is 13.5. The first-order valence-electron chi connectivity index (χ1n) is 10.6. The van der Waals surface area contributed by atoms with Crippen molar-refractivity contribution in [2.24, 2.45) is 7.05 Å². The smallest absolute Gasteiger partial charge is 0.259 e. The molecule has 1 fully saturated rings. The Balaban J connectivity index is 1.59. The molecule has 1 aromatic carbocycles. The highest BCUT2D eigenvalue weighted by molar-refractivity contribution is 7.89. The Bertz CT molecular complexity index is 1310. The second-order valence-electron chi connectivity index (χ2n) is 8.12. The molecule has 4 rings (SSSR count). The lowest BCUT2D eigenvalue weighted by molar-refractivity contribution is 0.0763. The van der Waals surface area contributed by atoms with Crippen molar-refractivity contribution in [2.45, 2.75) is 32.1 Å². The molecule has 0 bridgehead atoms. The number of nitrogens with zero attached hydrogens (tertiary/aromatic N) is 5. The predicted octanol–water partition coefficient (Wildman–Crippen LogP) is 3.19. The number of carbonyl (C=O) groups excluding carboxylic acids is 1. The summed E-state index contributed by atoms with van der Waals surface area (Å²) in [6, 6.07) is 7.13. The van der Waals surface area contributed by atoms with Crippen LogP contribution in [0.25, 0.3) is 11.3 Å². The third-order valence-corrected chi connectivity index (χ3v) is 8.47. The topological polar surface area (TPSA) is 102 Å². The van der Waals surface area contributed by atoms with Gasteiger partial charge in [0, 0.05) is 38.8 Å². The van der Waals surface area contributed by atoms with Crippen molar-refractivity contribution in [1.29, 1.82) is 0 Å². The van der Waals surface area contributed by atoms with Gasteiger partial charge in [0.15, 0.2) is 0 Å². The van der Waals surface area contributed by atoms with Crippen LogP contribution in [-0.2, 0) is 17.1 Å². The van der Waals surface area contributed by atoms with Crippen LogP contribution in [-0.4, -0.2) is 64.6 Å². The predicted molar refractivity (Wildman–Crippen MR) is 124 cm³/mol. The summed E-state index contributed by atoms with van der Waals surface area (Å²) < 4.78 is 35.1. The number of rotatable bonds is 4. The summed E-state index contributed by atoms with van der Waals surface area (Å²) in [7, 11) is -2.01. The number of amides is 1. The maximum atomic E-state index is 13.5. The largest absolute Gasteiger partial charge is 0.360 e. The second-order valence-corrected chi connectivity index (χ2v) is 10.4. The fraction of sp³-hybridized carbons (Fsp3) is 0.409. The molecule has 0 spiro atoms. The quantitative estimate of drug-likeness (QED) is 0.555. The van der Waals surface area contributed by atoms with Gasteiger partial charge < -0.3 is 9.42 Å². The van der Waals surface area contributed by atoms with Crippen LogP contribution >= 0.6 is 11.6 Å². The van der Waals surface area contributed by atoms with Crippen LogP contribution in [0.4, 0.5) is 0 Å². The van der Waals surface area contributed by atoms with E-state index in [2.05, 4.69) is 10.3 Å². The number of carbonyl (C=O) groups is 1. The Morgan fingerprint density at radius 1 is 1.09 bits per heavy atom. The van der Waals surface area contributed by atoms with Gasteiger partial charge in [0.25, 0.3) is 5.91 Å². The average molecular weight is 492 g/mol. The first-order valence-corrected chi connectivity index (χ1v) is 12.5. The van der Waals surface area contributed by atoms with Gasteiger partial charge in [0.1, 0.15) is 21.9 Å². The fourth-order valence-corrected chi connectivity index (χ4v) is 6.31. The molecule has 0 N–H and O–H groups in total. The maximum Gasteiger partial charge on any atom is 0.259 e. The molecule has 176 valence electrons. The first kappa shape index (κ1) is 23.5. The van der Waals surface area contributed by atoms with Gasteiger partial charge in [-0.25, -0.2) is 8.42 Å². The summed E-state index contributed by atoms with van der Waals surface area (Å²) in [4.78, 5) is 15.4. The van der Waals surface area contributed by atoms with Gasteiger partial charge in [0.2, 0.25) is 10.0 Å². The molecule has 1 aliphatic heterocycles. The van der Waals surface area contributed by atoms with Gasteiger partial charge in [-0.15, -0.1) is 0 Å². The van der Waals surface area contributed by atoms with Crippen LogP contribution in [0, 0.1) is 20.8 Å². The Hall–Kier alpha value is -2.69. The van der Waals surface area contributed by atoms with Crippen molar-refractivity contribution in [3.8, 4) is 11.3 Å². The summed E-state index contributed by atoms with van der Waals surface area (Å²) in [5.41, 5.74) is 2.41. The van der Waals surface area contributed by atoms with Crippen LogP contribution in [0.3, 0.4) is 0 Å². The summed E-state index contributed by atoms with van der Waals surface area (Å²) in [6.07, 6.45) is 0.509. The van der Waals surface area contributed by atoms with Gasteiger partial charge in [-0.05, 0) is 33.3 Å². The number of benzene rings is 1. The minimum Gasteiger partial charge on any atom is -0.360 e. The van der Waals surface area contributed by atoms with Gasteiger partial charge in [-0.2, -0.15) is 9.40 Å². The Morgan fingerprint density at radius 3 is 2.48 bits per heavy atom. The van der Waals surface area contributed by atoms with E-state index in [0.29, 0.717) is 58.5 Å². The number of hydrogen-bond donors (Lipinski definition) is 0. The second kappa shape index (κ2) is 8.92. The molecule has 0 radical (unpaired) electrons. The molecule has 1 aliphatic rings. The molecule has 3 aromatic rings. The normalized spacial score (nSPS) is 15.6. The molecule has 0 saturated carbocycles. The molecule has 33 heavy (non-hydrogen) atoms. The monoisotopic (exact) mass is 491 g/mol. The number of sulfonamides is 1. The van der Waals surface area contributed by atoms with E-state index in [1.54, 1.807) is 55.6 Å². The van der Waals surface area contributed by atoms with Crippen LogP contribution < -0.4 is 0 Å². The number of halogens is 1.